The van der Waals surface area contributed by atoms with E-state index < -0.39 is 0 Å². The molecule has 3 N–H and O–H groups in total. The molecule has 0 saturated carbocycles. The zero-order valence-corrected chi connectivity index (χ0v) is 15.9. The average Bonchev–Trinajstić information content (AvgIpc) is 3.31. The van der Waals surface area contributed by atoms with Crippen LogP contribution in [0.4, 0.5) is 0 Å². The number of carbonyl (C=O) groups is 1. The van der Waals surface area contributed by atoms with Crippen LogP contribution in [0.2, 0.25) is 0 Å². The standard InChI is InChI=1S/C17H25N5O3S/c1-13-15(26-12-22-13)16(23)19-7-8-21-17(18-2)20-6-4-9-24-11-14-5-3-10-25-14/h3,5,10,12H,4,6-9,11H2,1-2H3,(H,19,23)(H2,18,20,21). The topological polar surface area (TPSA) is 101 Å². The van der Waals surface area contributed by atoms with E-state index in [-0.39, 0.29) is 5.91 Å². The molecule has 142 valence electrons. The molecule has 0 aliphatic carbocycles. The number of hydrogen-bond acceptors (Lipinski definition) is 6. The number of rotatable bonds is 10. The van der Waals surface area contributed by atoms with Crippen molar-refractivity contribution in [2.75, 3.05) is 33.3 Å². The summed E-state index contributed by atoms with van der Waals surface area (Å²) in [5.74, 6) is 1.42. The first-order chi connectivity index (χ1) is 12.7. The monoisotopic (exact) mass is 379 g/mol. The van der Waals surface area contributed by atoms with Gasteiger partial charge in [-0.2, -0.15) is 0 Å². The SMILES string of the molecule is CN=C(NCCCOCc1ccco1)NCCNC(=O)c1scnc1C. The number of hydrogen-bond donors (Lipinski definition) is 3. The lowest BCUT2D eigenvalue weighted by atomic mass is 10.4. The molecule has 8 nitrogen and oxygen atoms in total. The van der Waals surface area contributed by atoms with Crippen LogP contribution in [0.3, 0.4) is 0 Å². The molecule has 0 unspecified atom stereocenters. The minimum Gasteiger partial charge on any atom is -0.467 e. The Balaban J connectivity index is 1.51. The number of aromatic nitrogens is 1. The summed E-state index contributed by atoms with van der Waals surface area (Å²) in [4.78, 5) is 20.8. The molecule has 2 aromatic heterocycles. The summed E-state index contributed by atoms with van der Waals surface area (Å²) in [6.45, 7) is 4.77. The van der Waals surface area contributed by atoms with Crippen molar-refractivity contribution in [2.24, 2.45) is 4.99 Å². The second-order valence-electron chi connectivity index (χ2n) is 5.43. The molecule has 2 rings (SSSR count). The van der Waals surface area contributed by atoms with Gasteiger partial charge in [-0.3, -0.25) is 9.79 Å². The molecule has 9 heteroatoms. The van der Waals surface area contributed by atoms with Crippen molar-refractivity contribution in [1.29, 1.82) is 0 Å². The van der Waals surface area contributed by atoms with Gasteiger partial charge in [0.1, 0.15) is 17.2 Å². The van der Waals surface area contributed by atoms with Gasteiger partial charge in [-0.05, 0) is 25.5 Å². The van der Waals surface area contributed by atoms with Gasteiger partial charge in [-0.15, -0.1) is 11.3 Å². The molecule has 0 aliphatic heterocycles. The lowest BCUT2D eigenvalue weighted by molar-refractivity contribution is 0.0957. The summed E-state index contributed by atoms with van der Waals surface area (Å²) in [6.07, 6.45) is 2.49. The van der Waals surface area contributed by atoms with Crippen molar-refractivity contribution >= 4 is 23.2 Å². The highest BCUT2D eigenvalue weighted by atomic mass is 32.1. The van der Waals surface area contributed by atoms with Gasteiger partial charge in [0.2, 0.25) is 0 Å². The zero-order valence-electron chi connectivity index (χ0n) is 15.1. The van der Waals surface area contributed by atoms with Crippen molar-refractivity contribution in [1.82, 2.24) is 20.9 Å². The fourth-order valence-corrected chi connectivity index (χ4v) is 2.84. The van der Waals surface area contributed by atoms with Crippen molar-refractivity contribution in [3.05, 3.63) is 40.2 Å². The fraction of sp³-hybridized carbons (Fsp3) is 0.471. The van der Waals surface area contributed by atoms with E-state index in [4.69, 9.17) is 9.15 Å². The number of aryl methyl sites for hydroxylation is 1. The highest BCUT2D eigenvalue weighted by Gasteiger charge is 2.10. The second kappa shape index (κ2) is 11.3. The van der Waals surface area contributed by atoms with Crippen LogP contribution in [0, 0.1) is 6.92 Å². The fourth-order valence-electron chi connectivity index (χ4n) is 2.13. The molecule has 1 amide bonds. The Labute approximate surface area is 157 Å². The molecule has 2 aromatic rings. The number of guanidine groups is 1. The number of nitrogens with one attached hydrogen (secondary N) is 3. The maximum Gasteiger partial charge on any atom is 0.263 e. The van der Waals surface area contributed by atoms with Crippen LogP contribution in [0.5, 0.6) is 0 Å². The number of amides is 1. The van der Waals surface area contributed by atoms with Gasteiger partial charge >= 0.3 is 0 Å². The van der Waals surface area contributed by atoms with E-state index in [0.29, 0.717) is 37.1 Å². The van der Waals surface area contributed by atoms with E-state index in [1.165, 1.54) is 11.3 Å². The Morgan fingerprint density at radius 2 is 2.12 bits per heavy atom. The molecule has 0 radical (unpaired) electrons. The van der Waals surface area contributed by atoms with Gasteiger partial charge in [0.05, 0.1) is 17.5 Å². The Bertz CT molecular complexity index is 684. The lowest BCUT2D eigenvalue weighted by Crippen LogP contribution is -2.42. The number of furan rings is 1. The van der Waals surface area contributed by atoms with Crippen LogP contribution in [0.25, 0.3) is 0 Å². The molecule has 0 aromatic carbocycles. The highest BCUT2D eigenvalue weighted by molar-refractivity contribution is 7.11. The van der Waals surface area contributed by atoms with Gasteiger partial charge in [0.25, 0.3) is 5.91 Å². The van der Waals surface area contributed by atoms with Crippen LogP contribution in [0.15, 0.2) is 33.3 Å². The first-order valence-corrected chi connectivity index (χ1v) is 9.31. The molecular weight excluding hydrogens is 354 g/mol. The minimum absolute atomic E-state index is 0.0940. The van der Waals surface area contributed by atoms with E-state index in [2.05, 4.69) is 25.9 Å². The van der Waals surface area contributed by atoms with Crippen LogP contribution in [-0.4, -0.2) is 50.1 Å². The minimum atomic E-state index is -0.0940. The quantitative estimate of drug-likeness (QED) is 0.329. The van der Waals surface area contributed by atoms with E-state index in [1.807, 2.05) is 19.1 Å². The number of aliphatic imine (C=N–C) groups is 1. The predicted molar refractivity (Wildman–Crippen MR) is 102 cm³/mol. The smallest absolute Gasteiger partial charge is 0.263 e. The first-order valence-electron chi connectivity index (χ1n) is 8.43. The summed E-state index contributed by atoms with van der Waals surface area (Å²) in [5, 5.41) is 9.22. The second-order valence-corrected chi connectivity index (χ2v) is 6.29. The van der Waals surface area contributed by atoms with E-state index in [0.717, 1.165) is 24.4 Å². The molecule has 0 fully saturated rings. The van der Waals surface area contributed by atoms with Crippen LogP contribution in [0.1, 0.15) is 27.5 Å². The Hall–Kier alpha value is -2.39. The number of carbonyl (C=O) groups excluding carboxylic acids is 1. The molecule has 0 atom stereocenters. The molecule has 0 spiro atoms. The van der Waals surface area contributed by atoms with Gasteiger partial charge in [0, 0.05) is 33.3 Å². The maximum absolute atomic E-state index is 12.0. The van der Waals surface area contributed by atoms with E-state index in [9.17, 15) is 4.79 Å². The average molecular weight is 379 g/mol. The summed E-state index contributed by atoms with van der Waals surface area (Å²) in [6, 6.07) is 3.73. The zero-order chi connectivity index (χ0) is 18.6. The number of ether oxygens (including phenoxy) is 1. The summed E-state index contributed by atoms with van der Waals surface area (Å²) >= 11 is 1.35. The Morgan fingerprint density at radius 3 is 2.81 bits per heavy atom. The van der Waals surface area contributed by atoms with Crippen molar-refractivity contribution in [2.45, 2.75) is 20.0 Å². The van der Waals surface area contributed by atoms with Crippen LogP contribution >= 0.6 is 11.3 Å². The Kier molecular flexibility index (Phi) is 8.64. The molecule has 0 aliphatic rings. The van der Waals surface area contributed by atoms with E-state index >= 15 is 0 Å². The third kappa shape index (κ3) is 6.85. The normalized spacial score (nSPS) is 11.4. The largest absolute Gasteiger partial charge is 0.467 e. The van der Waals surface area contributed by atoms with Gasteiger partial charge in [-0.1, -0.05) is 0 Å². The van der Waals surface area contributed by atoms with Crippen LogP contribution < -0.4 is 16.0 Å². The molecular formula is C17H25N5O3S. The number of thiazole rings is 1. The van der Waals surface area contributed by atoms with Crippen molar-refractivity contribution in [3.8, 4) is 0 Å². The number of nitrogens with zero attached hydrogens (tertiary/aromatic N) is 2. The summed E-state index contributed by atoms with van der Waals surface area (Å²) < 4.78 is 10.7. The van der Waals surface area contributed by atoms with Gasteiger partial charge in [-0.25, -0.2) is 4.98 Å². The third-order valence-electron chi connectivity index (χ3n) is 3.46. The summed E-state index contributed by atoms with van der Waals surface area (Å²) in [7, 11) is 1.71. The first kappa shape index (κ1) is 19.9. The van der Waals surface area contributed by atoms with Crippen molar-refractivity contribution < 1.29 is 13.9 Å². The van der Waals surface area contributed by atoms with Crippen molar-refractivity contribution in [3.63, 3.8) is 0 Å². The Morgan fingerprint density at radius 1 is 1.31 bits per heavy atom. The van der Waals surface area contributed by atoms with E-state index in [1.54, 1.807) is 18.8 Å². The molecule has 0 bridgehead atoms. The molecule has 26 heavy (non-hydrogen) atoms. The lowest BCUT2D eigenvalue weighted by Gasteiger charge is -2.12. The van der Waals surface area contributed by atoms with Gasteiger partial charge < -0.3 is 25.1 Å². The summed E-state index contributed by atoms with van der Waals surface area (Å²) in [5.41, 5.74) is 2.43. The van der Waals surface area contributed by atoms with Crippen LogP contribution in [-0.2, 0) is 11.3 Å². The van der Waals surface area contributed by atoms with Gasteiger partial charge in [0.15, 0.2) is 5.96 Å². The highest BCUT2D eigenvalue weighted by Crippen LogP contribution is 2.11. The molecule has 2 heterocycles. The predicted octanol–water partition coefficient (Wildman–Crippen LogP) is 1.55. The molecule has 0 saturated heterocycles. The third-order valence-corrected chi connectivity index (χ3v) is 4.39. The maximum atomic E-state index is 12.0.